The van der Waals surface area contributed by atoms with Crippen LogP contribution in [0.4, 0.5) is 0 Å². The fraction of sp³-hybridized carbons (Fsp3) is 0.438. The molecule has 2 fully saturated rings. The number of rotatable bonds is 2. The van der Waals surface area contributed by atoms with Crippen LogP contribution in [0, 0.1) is 0 Å². The van der Waals surface area contributed by atoms with Crippen LogP contribution in [-0.4, -0.2) is 61.0 Å². The van der Waals surface area contributed by atoms with Crippen LogP contribution in [0.2, 0.25) is 0 Å². The van der Waals surface area contributed by atoms with E-state index in [-0.39, 0.29) is 5.91 Å². The van der Waals surface area contributed by atoms with Crippen LogP contribution in [-0.2, 0) is 0 Å². The van der Waals surface area contributed by atoms with Gasteiger partial charge in [-0.15, -0.1) is 0 Å². The van der Waals surface area contributed by atoms with Gasteiger partial charge >= 0.3 is 0 Å². The maximum atomic E-state index is 12.6. The zero-order valence-corrected chi connectivity index (χ0v) is 11.9. The smallest absolute Gasteiger partial charge is 0.257 e. The van der Waals surface area contributed by atoms with Gasteiger partial charge in [0.1, 0.15) is 11.8 Å². The normalized spacial score (nSPS) is 20.7. The van der Waals surface area contributed by atoms with Gasteiger partial charge in [0.05, 0.1) is 5.56 Å². The maximum Gasteiger partial charge on any atom is 0.257 e. The molecule has 1 N–H and O–H groups in total. The van der Waals surface area contributed by atoms with Crippen molar-refractivity contribution in [3.05, 3.63) is 36.1 Å². The number of hydrogen-bond acceptors (Lipinski definition) is 4. The molecule has 110 valence electrons. The molecule has 0 spiro atoms. The lowest BCUT2D eigenvalue weighted by atomic mass is 10.0. The van der Waals surface area contributed by atoms with Gasteiger partial charge in [0.25, 0.3) is 5.91 Å². The fourth-order valence-electron chi connectivity index (χ4n) is 3.21. The second-order valence-electron chi connectivity index (χ2n) is 5.80. The van der Waals surface area contributed by atoms with Crippen LogP contribution in [0.25, 0.3) is 11.0 Å². The van der Waals surface area contributed by atoms with Crippen LogP contribution in [0.3, 0.4) is 0 Å². The number of hydrogen-bond donors (Lipinski definition) is 1. The van der Waals surface area contributed by atoms with Gasteiger partial charge in [-0.25, -0.2) is 0 Å². The van der Waals surface area contributed by atoms with Gasteiger partial charge in [-0.3, -0.25) is 9.69 Å². The molecule has 0 bridgehead atoms. The Kier molecular flexibility index (Phi) is 3.16. The van der Waals surface area contributed by atoms with Crippen molar-refractivity contribution in [3.8, 4) is 0 Å². The molecule has 0 unspecified atom stereocenters. The largest absolute Gasteiger partial charge is 0.463 e. The Morgan fingerprint density at radius 1 is 1.19 bits per heavy atom. The van der Waals surface area contributed by atoms with Crippen molar-refractivity contribution in [3.63, 3.8) is 0 Å². The molecule has 0 saturated carbocycles. The zero-order valence-electron chi connectivity index (χ0n) is 11.9. The Hall–Kier alpha value is -1.85. The van der Waals surface area contributed by atoms with Gasteiger partial charge in [0, 0.05) is 50.7 Å². The first-order chi connectivity index (χ1) is 10.3. The van der Waals surface area contributed by atoms with Gasteiger partial charge in [-0.05, 0) is 6.07 Å². The van der Waals surface area contributed by atoms with E-state index in [2.05, 4.69) is 10.2 Å². The zero-order chi connectivity index (χ0) is 14.2. The van der Waals surface area contributed by atoms with Crippen molar-refractivity contribution in [1.29, 1.82) is 0 Å². The first kappa shape index (κ1) is 12.9. The summed E-state index contributed by atoms with van der Waals surface area (Å²) >= 11 is 0. The van der Waals surface area contributed by atoms with Crippen LogP contribution < -0.4 is 5.32 Å². The van der Waals surface area contributed by atoms with E-state index in [1.807, 2.05) is 29.2 Å². The molecular formula is C16H19N3O2. The molecule has 5 nitrogen and oxygen atoms in total. The standard InChI is InChI=1S/C16H19N3O2/c20-16(14-11-21-15-4-2-1-3-13(14)15)19-9-12(10-19)18-7-5-17-6-8-18/h1-4,11-12,17H,5-10H2. The minimum atomic E-state index is 0.0892. The average Bonchev–Trinajstić information content (AvgIpc) is 2.90. The highest BCUT2D eigenvalue weighted by Crippen LogP contribution is 2.25. The van der Waals surface area contributed by atoms with Crippen LogP contribution in [0.5, 0.6) is 0 Å². The molecule has 4 rings (SSSR count). The van der Waals surface area contributed by atoms with E-state index in [1.165, 1.54) is 0 Å². The molecule has 2 aliphatic rings. The molecule has 2 saturated heterocycles. The van der Waals surface area contributed by atoms with Crippen molar-refractivity contribution >= 4 is 16.9 Å². The summed E-state index contributed by atoms with van der Waals surface area (Å²) in [7, 11) is 0. The van der Waals surface area contributed by atoms with Gasteiger partial charge < -0.3 is 14.6 Å². The number of para-hydroxylation sites is 1. The molecule has 0 radical (unpaired) electrons. The third-order valence-electron chi connectivity index (χ3n) is 4.53. The lowest BCUT2D eigenvalue weighted by molar-refractivity contribution is 0.0228. The lowest BCUT2D eigenvalue weighted by Crippen LogP contribution is -2.63. The summed E-state index contributed by atoms with van der Waals surface area (Å²) in [6, 6.07) is 8.22. The monoisotopic (exact) mass is 285 g/mol. The summed E-state index contributed by atoms with van der Waals surface area (Å²) < 4.78 is 5.47. The molecule has 2 aromatic rings. The molecule has 0 aliphatic carbocycles. The van der Waals surface area contributed by atoms with E-state index in [0.29, 0.717) is 11.6 Å². The Labute approximate surface area is 123 Å². The predicted molar refractivity (Wildman–Crippen MR) is 80.3 cm³/mol. The number of fused-ring (bicyclic) bond motifs is 1. The lowest BCUT2D eigenvalue weighted by Gasteiger charge is -2.46. The Bertz CT molecular complexity index is 654. The summed E-state index contributed by atoms with van der Waals surface area (Å²) in [5.41, 5.74) is 1.46. The Balaban J connectivity index is 1.45. The minimum absolute atomic E-state index is 0.0892. The van der Waals surface area contributed by atoms with Gasteiger partial charge in [-0.1, -0.05) is 18.2 Å². The Morgan fingerprint density at radius 3 is 2.76 bits per heavy atom. The minimum Gasteiger partial charge on any atom is -0.463 e. The molecule has 1 amide bonds. The summed E-state index contributed by atoms with van der Waals surface area (Å²) in [6.07, 6.45) is 1.59. The highest BCUT2D eigenvalue weighted by molar-refractivity contribution is 6.06. The second-order valence-corrected chi connectivity index (χ2v) is 5.80. The van der Waals surface area contributed by atoms with Crippen molar-refractivity contribution in [2.24, 2.45) is 0 Å². The number of furan rings is 1. The topological polar surface area (TPSA) is 48.7 Å². The highest BCUT2D eigenvalue weighted by Gasteiger charge is 2.36. The second kappa shape index (κ2) is 5.16. The van der Waals surface area contributed by atoms with E-state index in [0.717, 1.165) is 50.2 Å². The third-order valence-corrected chi connectivity index (χ3v) is 4.53. The number of nitrogens with one attached hydrogen (secondary N) is 1. The van der Waals surface area contributed by atoms with Gasteiger partial charge in [-0.2, -0.15) is 0 Å². The molecule has 0 atom stereocenters. The average molecular weight is 285 g/mol. The maximum absolute atomic E-state index is 12.6. The number of piperazine rings is 1. The third kappa shape index (κ3) is 2.22. The number of carbonyl (C=O) groups is 1. The molecule has 1 aromatic heterocycles. The van der Waals surface area contributed by atoms with Crippen LogP contribution in [0.15, 0.2) is 34.9 Å². The van der Waals surface area contributed by atoms with Crippen molar-refractivity contribution < 1.29 is 9.21 Å². The van der Waals surface area contributed by atoms with E-state index in [1.54, 1.807) is 6.26 Å². The molecule has 1 aromatic carbocycles. The fourth-order valence-corrected chi connectivity index (χ4v) is 3.21. The molecule has 21 heavy (non-hydrogen) atoms. The first-order valence-corrected chi connectivity index (χ1v) is 7.53. The number of carbonyl (C=O) groups excluding carboxylic acids is 1. The van der Waals surface area contributed by atoms with E-state index >= 15 is 0 Å². The number of amides is 1. The number of likely N-dealkylation sites (tertiary alicyclic amines) is 1. The highest BCUT2D eigenvalue weighted by atomic mass is 16.3. The molecule has 2 aliphatic heterocycles. The quantitative estimate of drug-likeness (QED) is 0.899. The van der Waals surface area contributed by atoms with Gasteiger partial charge in [0.15, 0.2) is 0 Å². The molecular weight excluding hydrogens is 266 g/mol. The SMILES string of the molecule is O=C(c1coc2ccccc12)N1CC(N2CCNCC2)C1. The number of nitrogens with zero attached hydrogens (tertiary/aromatic N) is 2. The van der Waals surface area contributed by atoms with Gasteiger partial charge in [0.2, 0.25) is 0 Å². The Morgan fingerprint density at radius 2 is 1.95 bits per heavy atom. The van der Waals surface area contributed by atoms with E-state index in [9.17, 15) is 4.79 Å². The van der Waals surface area contributed by atoms with Crippen molar-refractivity contribution in [2.75, 3.05) is 39.3 Å². The van der Waals surface area contributed by atoms with Crippen LogP contribution in [0.1, 0.15) is 10.4 Å². The summed E-state index contributed by atoms with van der Waals surface area (Å²) in [4.78, 5) is 17.0. The van der Waals surface area contributed by atoms with E-state index < -0.39 is 0 Å². The van der Waals surface area contributed by atoms with Crippen molar-refractivity contribution in [2.45, 2.75) is 6.04 Å². The predicted octanol–water partition coefficient (Wildman–Crippen LogP) is 1.16. The van der Waals surface area contributed by atoms with Crippen molar-refractivity contribution in [1.82, 2.24) is 15.1 Å². The number of benzene rings is 1. The molecule has 5 heteroatoms. The van der Waals surface area contributed by atoms with Crippen LogP contribution >= 0.6 is 0 Å². The summed E-state index contributed by atoms with van der Waals surface area (Å²) in [5.74, 6) is 0.0892. The summed E-state index contributed by atoms with van der Waals surface area (Å²) in [6.45, 7) is 5.94. The molecule has 3 heterocycles. The summed E-state index contributed by atoms with van der Waals surface area (Å²) in [5, 5.41) is 4.27. The van der Waals surface area contributed by atoms with E-state index in [4.69, 9.17) is 4.42 Å². The first-order valence-electron chi connectivity index (χ1n) is 7.53.